The average Bonchev–Trinajstić information content (AvgIpc) is 3.40. The summed E-state index contributed by atoms with van der Waals surface area (Å²) < 4.78 is 6.52. The second-order valence-corrected chi connectivity index (χ2v) is 11.5. The van der Waals surface area contributed by atoms with Crippen molar-refractivity contribution in [1.29, 1.82) is 0 Å². The van der Waals surface area contributed by atoms with E-state index in [1.807, 2.05) is 79.0 Å². The first-order valence-electron chi connectivity index (χ1n) is 14.1. The summed E-state index contributed by atoms with van der Waals surface area (Å²) >= 11 is 0. The van der Waals surface area contributed by atoms with Crippen LogP contribution in [-0.4, -0.2) is 52.0 Å². The number of rotatable bonds is 10. The lowest BCUT2D eigenvalue weighted by molar-refractivity contribution is 0.254. The Morgan fingerprint density at radius 3 is 2.50 bits per heavy atom. The van der Waals surface area contributed by atoms with Crippen molar-refractivity contribution in [3.63, 3.8) is 0 Å². The lowest BCUT2D eigenvalue weighted by atomic mass is 9.93. The summed E-state index contributed by atoms with van der Waals surface area (Å²) in [5.41, 5.74) is 4.80. The smallest absolute Gasteiger partial charge is 0.227 e. The van der Waals surface area contributed by atoms with E-state index >= 15 is 0 Å². The van der Waals surface area contributed by atoms with E-state index in [0.29, 0.717) is 11.8 Å². The zero-order valence-corrected chi connectivity index (χ0v) is 24.3. The van der Waals surface area contributed by atoms with Crippen LogP contribution >= 0.6 is 0 Å². The molecule has 0 radical (unpaired) electrons. The molecular formula is C34H35N7O. The molecule has 0 bridgehead atoms. The summed E-state index contributed by atoms with van der Waals surface area (Å²) in [7, 11) is 4.19. The normalized spacial score (nSPS) is 11.7. The number of ether oxygens (including phenoxy) is 1. The van der Waals surface area contributed by atoms with Crippen molar-refractivity contribution in [2.75, 3.05) is 37.8 Å². The van der Waals surface area contributed by atoms with E-state index in [4.69, 9.17) is 4.74 Å². The van der Waals surface area contributed by atoms with Crippen LogP contribution in [0.25, 0.3) is 32.9 Å². The maximum absolute atomic E-state index is 6.52. The molecule has 3 aromatic heterocycles. The number of pyridine rings is 2. The molecule has 0 amide bonds. The van der Waals surface area contributed by atoms with E-state index in [2.05, 4.69) is 75.5 Å². The number of anilines is 3. The molecule has 0 saturated carbocycles. The summed E-state index contributed by atoms with van der Waals surface area (Å²) in [6, 6.07) is 28.1. The second kappa shape index (κ2) is 11.5. The molecule has 0 atom stereocenters. The number of aromatic amines is 1. The predicted molar refractivity (Wildman–Crippen MR) is 172 cm³/mol. The average molecular weight is 558 g/mol. The fraction of sp³-hybridized carbons (Fsp3) is 0.206. The van der Waals surface area contributed by atoms with Gasteiger partial charge in [0.05, 0.1) is 11.0 Å². The maximum atomic E-state index is 6.52. The number of fused-ring (bicyclic) bond motifs is 2. The summed E-state index contributed by atoms with van der Waals surface area (Å²) in [4.78, 5) is 19.4. The molecule has 6 aromatic rings. The van der Waals surface area contributed by atoms with Crippen LogP contribution in [0.5, 0.6) is 11.6 Å². The second-order valence-electron chi connectivity index (χ2n) is 11.5. The number of hydrogen-bond donors (Lipinski definition) is 3. The molecule has 0 aliphatic heterocycles. The number of nitrogens with one attached hydrogen (secondary N) is 3. The first-order chi connectivity index (χ1) is 20.3. The van der Waals surface area contributed by atoms with Crippen LogP contribution in [0.1, 0.15) is 13.8 Å². The van der Waals surface area contributed by atoms with E-state index in [1.54, 1.807) is 6.20 Å². The van der Waals surface area contributed by atoms with E-state index in [9.17, 15) is 0 Å². The molecule has 8 nitrogen and oxygen atoms in total. The number of imidazole rings is 1. The Kier molecular flexibility index (Phi) is 7.46. The number of benzene rings is 3. The Morgan fingerprint density at radius 1 is 0.857 bits per heavy atom. The highest BCUT2D eigenvalue weighted by Gasteiger charge is 2.19. The fourth-order valence-electron chi connectivity index (χ4n) is 5.34. The van der Waals surface area contributed by atoms with Gasteiger partial charge in [-0.3, -0.25) is 0 Å². The van der Waals surface area contributed by atoms with E-state index in [1.165, 1.54) is 0 Å². The quantitative estimate of drug-likeness (QED) is 0.159. The van der Waals surface area contributed by atoms with Crippen LogP contribution in [0.4, 0.5) is 17.5 Å². The van der Waals surface area contributed by atoms with Gasteiger partial charge < -0.3 is 25.3 Å². The van der Waals surface area contributed by atoms with Gasteiger partial charge in [-0.2, -0.15) is 0 Å². The molecule has 3 aromatic carbocycles. The molecule has 212 valence electrons. The molecule has 0 unspecified atom stereocenters. The zero-order valence-electron chi connectivity index (χ0n) is 24.3. The third-order valence-electron chi connectivity index (χ3n) is 7.07. The molecule has 0 aliphatic carbocycles. The van der Waals surface area contributed by atoms with Crippen LogP contribution in [0.2, 0.25) is 0 Å². The monoisotopic (exact) mass is 557 g/mol. The minimum Gasteiger partial charge on any atom is -0.438 e. The van der Waals surface area contributed by atoms with Crippen molar-refractivity contribution in [1.82, 2.24) is 24.8 Å². The number of hydrogen-bond acceptors (Lipinski definition) is 7. The van der Waals surface area contributed by atoms with E-state index < -0.39 is 0 Å². The van der Waals surface area contributed by atoms with Crippen LogP contribution in [0, 0.1) is 5.41 Å². The Labute approximate surface area is 245 Å². The molecule has 3 N–H and O–H groups in total. The summed E-state index contributed by atoms with van der Waals surface area (Å²) in [6.45, 7) is 6.27. The largest absolute Gasteiger partial charge is 0.438 e. The minimum atomic E-state index is 0.0935. The van der Waals surface area contributed by atoms with Crippen molar-refractivity contribution < 1.29 is 4.74 Å². The molecule has 0 fully saturated rings. The first kappa shape index (κ1) is 27.2. The van der Waals surface area contributed by atoms with Gasteiger partial charge in [0, 0.05) is 47.5 Å². The standard InChI is InChI=1S/C34H35N7O/c1-34(2,22-41(3)4)21-37-31-20-23(17-19-35-31)24-12-9-18-36-32(24)42-30-16-15-27(25-10-5-6-11-26(25)30)38-33-39-28-13-7-8-14-29(28)40-33/h5-20H,21-22H2,1-4H3,(H,35,37)(H2,38,39,40). The Morgan fingerprint density at radius 2 is 1.67 bits per heavy atom. The van der Waals surface area contributed by atoms with Crippen molar-refractivity contribution in [3.8, 4) is 22.8 Å². The van der Waals surface area contributed by atoms with Gasteiger partial charge in [-0.15, -0.1) is 0 Å². The molecule has 0 saturated heterocycles. The van der Waals surface area contributed by atoms with E-state index in [-0.39, 0.29) is 5.41 Å². The summed E-state index contributed by atoms with van der Waals surface area (Å²) in [5.74, 6) is 2.76. The third-order valence-corrected chi connectivity index (χ3v) is 7.07. The highest BCUT2D eigenvalue weighted by atomic mass is 16.5. The van der Waals surface area contributed by atoms with Gasteiger partial charge in [0.1, 0.15) is 11.6 Å². The molecule has 0 aliphatic rings. The van der Waals surface area contributed by atoms with Gasteiger partial charge in [0.25, 0.3) is 0 Å². The van der Waals surface area contributed by atoms with Crippen molar-refractivity contribution in [2.24, 2.45) is 5.41 Å². The minimum absolute atomic E-state index is 0.0935. The van der Waals surface area contributed by atoms with Crippen LogP contribution < -0.4 is 15.4 Å². The van der Waals surface area contributed by atoms with Crippen molar-refractivity contribution in [3.05, 3.63) is 97.3 Å². The van der Waals surface area contributed by atoms with Crippen LogP contribution in [0.15, 0.2) is 97.3 Å². The number of aromatic nitrogens is 4. The highest BCUT2D eigenvalue weighted by molar-refractivity contribution is 5.99. The highest BCUT2D eigenvalue weighted by Crippen LogP contribution is 2.38. The Balaban J connectivity index is 1.27. The van der Waals surface area contributed by atoms with Gasteiger partial charge >= 0.3 is 0 Å². The molecule has 8 heteroatoms. The van der Waals surface area contributed by atoms with Crippen LogP contribution in [0.3, 0.4) is 0 Å². The molecule has 3 heterocycles. The molecule has 42 heavy (non-hydrogen) atoms. The zero-order chi connectivity index (χ0) is 29.1. The van der Waals surface area contributed by atoms with Gasteiger partial charge in [0.15, 0.2) is 0 Å². The maximum Gasteiger partial charge on any atom is 0.227 e. The van der Waals surface area contributed by atoms with Gasteiger partial charge in [-0.1, -0.05) is 50.2 Å². The Hall–Kier alpha value is -4.95. The molecule has 6 rings (SSSR count). The van der Waals surface area contributed by atoms with Gasteiger partial charge in [-0.25, -0.2) is 15.0 Å². The van der Waals surface area contributed by atoms with Crippen LogP contribution in [-0.2, 0) is 0 Å². The van der Waals surface area contributed by atoms with Gasteiger partial charge in [0.2, 0.25) is 11.8 Å². The molecule has 0 spiro atoms. The lowest BCUT2D eigenvalue weighted by Crippen LogP contribution is -2.34. The molecular weight excluding hydrogens is 522 g/mol. The number of H-pyrrole nitrogens is 1. The fourth-order valence-corrected chi connectivity index (χ4v) is 5.34. The number of nitrogens with zero attached hydrogens (tertiary/aromatic N) is 4. The van der Waals surface area contributed by atoms with Gasteiger partial charge in [-0.05, 0) is 73.6 Å². The third kappa shape index (κ3) is 6.04. The Bertz CT molecular complexity index is 1810. The van der Waals surface area contributed by atoms with E-state index in [0.717, 1.165) is 63.3 Å². The lowest BCUT2D eigenvalue weighted by Gasteiger charge is -2.28. The number of para-hydroxylation sites is 2. The SMILES string of the molecule is CN(C)CC(C)(C)CNc1cc(-c2cccnc2Oc2ccc(Nc3nc4ccccc4[nH]3)c3ccccc23)ccn1. The van der Waals surface area contributed by atoms with Crippen molar-refractivity contribution >= 4 is 39.3 Å². The predicted octanol–water partition coefficient (Wildman–Crippen LogP) is 7.71. The summed E-state index contributed by atoms with van der Waals surface area (Å²) in [6.07, 6.45) is 3.57. The van der Waals surface area contributed by atoms with Crippen molar-refractivity contribution in [2.45, 2.75) is 13.8 Å². The first-order valence-corrected chi connectivity index (χ1v) is 14.1. The summed E-state index contributed by atoms with van der Waals surface area (Å²) in [5, 5.41) is 8.95. The topological polar surface area (TPSA) is 91.0 Å².